The van der Waals surface area contributed by atoms with Gasteiger partial charge in [-0.1, -0.05) is 48.5 Å². The van der Waals surface area contributed by atoms with Crippen molar-refractivity contribution >= 4 is 5.91 Å². The van der Waals surface area contributed by atoms with Gasteiger partial charge in [0, 0.05) is 31.7 Å². The summed E-state index contributed by atoms with van der Waals surface area (Å²) in [5.41, 5.74) is 1.84. The lowest BCUT2D eigenvalue weighted by molar-refractivity contribution is 0.0781. The van der Waals surface area contributed by atoms with Crippen molar-refractivity contribution in [2.24, 2.45) is 0 Å². The van der Waals surface area contributed by atoms with E-state index in [-0.39, 0.29) is 18.4 Å². The highest BCUT2D eigenvalue weighted by molar-refractivity contribution is 5.94. The van der Waals surface area contributed by atoms with Crippen LogP contribution in [0.4, 0.5) is 0 Å². The lowest BCUT2D eigenvalue weighted by Gasteiger charge is -2.24. The fourth-order valence-electron chi connectivity index (χ4n) is 2.46. The van der Waals surface area contributed by atoms with E-state index in [0.717, 1.165) is 5.56 Å². The standard InChI is InChI=1S/C18H21NO2/c1-19(18(21)16-10-6-3-7-11-16)14-17(12-13-20)15-8-4-2-5-9-15/h2-11,17,20H,12-14H2,1H3. The zero-order valence-electron chi connectivity index (χ0n) is 12.3. The molecule has 0 aromatic heterocycles. The minimum atomic E-state index is 0.00877. The molecule has 0 aliphatic carbocycles. The smallest absolute Gasteiger partial charge is 0.253 e. The molecule has 0 saturated heterocycles. The average molecular weight is 283 g/mol. The van der Waals surface area contributed by atoms with Crippen molar-refractivity contribution in [2.75, 3.05) is 20.2 Å². The highest BCUT2D eigenvalue weighted by atomic mass is 16.3. The van der Waals surface area contributed by atoms with Crippen molar-refractivity contribution in [3.8, 4) is 0 Å². The maximum absolute atomic E-state index is 12.4. The van der Waals surface area contributed by atoms with Gasteiger partial charge in [0.15, 0.2) is 0 Å². The number of hydrogen-bond acceptors (Lipinski definition) is 2. The summed E-state index contributed by atoms with van der Waals surface area (Å²) in [6, 6.07) is 19.3. The second kappa shape index (κ2) is 7.60. The second-order valence-electron chi connectivity index (χ2n) is 5.17. The van der Waals surface area contributed by atoms with Crippen LogP contribution in [-0.2, 0) is 0 Å². The van der Waals surface area contributed by atoms with Gasteiger partial charge in [-0.05, 0) is 24.1 Å². The van der Waals surface area contributed by atoms with E-state index < -0.39 is 0 Å². The summed E-state index contributed by atoms with van der Waals surface area (Å²) in [4.78, 5) is 14.1. The van der Waals surface area contributed by atoms with Gasteiger partial charge < -0.3 is 10.0 Å². The minimum absolute atomic E-state index is 0.00877. The van der Waals surface area contributed by atoms with E-state index in [9.17, 15) is 9.90 Å². The van der Waals surface area contributed by atoms with Crippen molar-refractivity contribution in [2.45, 2.75) is 12.3 Å². The summed E-state index contributed by atoms with van der Waals surface area (Å²) in [7, 11) is 1.81. The molecule has 1 amide bonds. The topological polar surface area (TPSA) is 40.5 Å². The number of nitrogens with zero attached hydrogens (tertiary/aromatic N) is 1. The van der Waals surface area contributed by atoms with Gasteiger partial charge in [0.1, 0.15) is 0 Å². The van der Waals surface area contributed by atoms with E-state index in [4.69, 9.17) is 0 Å². The van der Waals surface area contributed by atoms with Crippen molar-refractivity contribution < 1.29 is 9.90 Å². The molecule has 1 N–H and O–H groups in total. The molecule has 0 heterocycles. The Morgan fingerprint density at radius 1 is 1.05 bits per heavy atom. The van der Waals surface area contributed by atoms with Crippen LogP contribution >= 0.6 is 0 Å². The van der Waals surface area contributed by atoms with Crippen LogP contribution in [0, 0.1) is 0 Å². The number of aliphatic hydroxyl groups is 1. The van der Waals surface area contributed by atoms with E-state index in [2.05, 4.69) is 0 Å². The Bertz CT molecular complexity index is 554. The van der Waals surface area contributed by atoms with E-state index in [1.807, 2.05) is 67.7 Å². The number of carbonyl (C=O) groups is 1. The van der Waals surface area contributed by atoms with Gasteiger partial charge in [-0.3, -0.25) is 4.79 Å². The lowest BCUT2D eigenvalue weighted by Crippen LogP contribution is -2.31. The molecule has 21 heavy (non-hydrogen) atoms. The predicted molar refractivity (Wildman–Crippen MR) is 84.3 cm³/mol. The van der Waals surface area contributed by atoms with Crippen LogP contribution in [0.25, 0.3) is 0 Å². The highest BCUT2D eigenvalue weighted by Gasteiger charge is 2.18. The quantitative estimate of drug-likeness (QED) is 0.885. The number of benzene rings is 2. The molecule has 0 fully saturated rings. The van der Waals surface area contributed by atoms with Gasteiger partial charge in [-0.25, -0.2) is 0 Å². The average Bonchev–Trinajstić information content (AvgIpc) is 2.55. The number of carbonyl (C=O) groups excluding carboxylic acids is 1. The molecule has 3 nitrogen and oxygen atoms in total. The zero-order valence-corrected chi connectivity index (χ0v) is 12.3. The minimum Gasteiger partial charge on any atom is -0.396 e. The van der Waals surface area contributed by atoms with Gasteiger partial charge in [0.2, 0.25) is 0 Å². The van der Waals surface area contributed by atoms with Gasteiger partial charge in [-0.15, -0.1) is 0 Å². The first kappa shape index (κ1) is 15.3. The molecule has 1 atom stereocenters. The van der Waals surface area contributed by atoms with Crippen LogP contribution in [-0.4, -0.2) is 36.1 Å². The van der Waals surface area contributed by atoms with Gasteiger partial charge in [0.25, 0.3) is 5.91 Å². The number of aliphatic hydroxyl groups excluding tert-OH is 1. The molecule has 0 aliphatic heterocycles. The largest absolute Gasteiger partial charge is 0.396 e. The summed E-state index contributed by atoms with van der Waals surface area (Å²) in [6.45, 7) is 0.714. The number of hydrogen-bond donors (Lipinski definition) is 1. The van der Waals surface area contributed by atoms with Crippen LogP contribution in [0.3, 0.4) is 0 Å². The SMILES string of the molecule is CN(CC(CCO)c1ccccc1)C(=O)c1ccccc1. The first-order valence-corrected chi connectivity index (χ1v) is 7.18. The maximum Gasteiger partial charge on any atom is 0.253 e. The third kappa shape index (κ3) is 4.17. The summed E-state index contributed by atoms with van der Waals surface area (Å²) in [5, 5.41) is 9.26. The number of amides is 1. The fourth-order valence-corrected chi connectivity index (χ4v) is 2.46. The number of rotatable bonds is 6. The Kier molecular flexibility index (Phi) is 5.52. The van der Waals surface area contributed by atoms with Gasteiger partial charge in [0.05, 0.1) is 0 Å². The lowest BCUT2D eigenvalue weighted by atomic mass is 9.95. The van der Waals surface area contributed by atoms with E-state index in [1.165, 1.54) is 0 Å². The normalized spacial score (nSPS) is 11.9. The predicted octanol–water partition coefficient (Wildman–Crippen LogP) is 2.92. The molecule has 2 aromatic rings. The van der Waals surface area contributed by atoms with Crippen LogP contribution in [0.15, 0.2) is 60.7 Å². The van der Waals surface area contributed by atoms with E-state index in [0.29, 0.717) is 18.5 Å². The Morgan fingerprint density at radius 2 is 1.62 bits per heavy atom. The number of likely N-dealkylation sites (N-methyl/N-ethyl adjacent to an activating group) is 1. The van der Waals surface area contributed by atoms with Crippen molar-refractivity contribution in [1.82, 2.24) is 4.90 Å². The summed E-state index contributed by atoms with van der Waals surface area (Å²) in [6.07, 6.45) is 0.649. The molecular weight excluding hydrogens is 262 g/mol. The molecule has 110 valence electrons. The fraction of sp³-hybridized carbons (Fsp3) is 0.278. The Hall–Kier alpha value is -2.13. The highest BCUT2D eigenvalue weighted by Crippen LogP contribution is 2.20. The molecule has 3 heteroatoms. The monoisotopic (exact) mass is 283 g/mol. The van der Waals surface area contributed by atoms with Crippen LogP contribution in [0.1, 0.15) is 28.3 Å². The van der Waals surface area contributed by atoms with Crippen LogP contribution < -0.4 is 0 Å². The molecule has 0 saturated carbocycles. The van der Waals surface area contributed by atoms with Crippen molar-refractivity contribution in [1.29, 1.82) is 0 Å². The molecule has 0 spiro atoms. The molecule has 2 rings (SSSR count). The Labute approximate surface area is 125 Å². The Morgan fingerprint density at radius 3 is 2.19 bits per heavy atom. The summed E-state index contributed by atoms with van der Waals surface area (Å²) in [5.74, 6) is 0.156. The van der Waals surface area contributed by atoms with Gasteiger partial charge >= 0.3 is 0 Å². The van der Waals surface area contributed by atoms with Crippen LogP contribution in [0.2, 0.25) is 0 Å². The maximum atomic E-state index is 12.4. The first-order valence-electron chi connectivity index (χ1n) is 7.18. The molecule has 0 radical (unpaired) electrons. The Balaban J connectivity index is 2.08. The molecule has 2 aromatic carbocycles. The van der Waals surface area contributed by atoms with Crippen molar-refractivity contribution in [3.05, 3.63) is 71.8 Å². The van der Waals surface area contributed by atoms with E-state index >= 15 is 0 Å². The molecule has 1 unspecified atom stereocenters. The third-order valence-electron chi connectivity index (χ3n) is 3.61. The molecular formula is C18H21NO2. The summed E-state index contributed by atoms with van der Waals surface area (Å²) < 4.78 is 0. The van der Waals surface area contributed by atoms with Crippen LogP contribution in [0.5, 0.6) is 0 Å². The zero-order chi connectivity index (χ0) is 15.1. The molecule has 0 bridgehead atoms. The van der Waals surface area contributed by atoms with Crippen molar-refractivity contribution in [3.63, 3.8) is 0 Å². The molecule has 0 aliphatic rings. The summed E-state index contributed by atoms with van der Waals surface area (Å²) >= 11 is 0. The second-order valence-corrected chi connectivity index (χ2v) is 5.17. The van der Waals surface area contributed by atoms with Gasteiger partial charge in [-0.2, -0.15) is 0 Å². The third-order valence-corrected chi connectivity index (χ3v) is 3.61. The van der Waals surface area contributed by atoms with E-state index in [1.54, 1.807) is 4.90 Å². The first-order chi connectivity index (χ1) is 10.2.